The molecule has 1 aliphatic heterocycles. The molecule has 0 bridgehead atoms. The third kappa shape index (κ3) is 3.06. The molecule has 4 heteroatoms. The van der Waals surface area contributed by atoms with Crippen molar-refractivity contribution in [3.8, 4) is 0 Å². The normalized spacial score (nSPS) is 18.2. The highest BCUT2D eigenvalue weighted by Crippen LogP contribution is 2.07. The Morgan fingerprint density at radius 1 is 1.40 bits per heavy atom. The van der Waals surface area contributed by atoms with Gasteiger partial charge in [0.1, 0.15) is 0 Å². The minimum atomic E-state index is 0.918. The number of hydrogen-bond donors (Lipinski definition) is 3. The van der Waals surface area contributed by atoms with Gasteiger partial charge < -0.3 is 15.6 Å². The Kier molecular flexibility index (Phi) is 3.77. The number of nitrogens with one attached hydrogen (secondary N) is 3. The highest BCUT2D eigenvalue weighted by Gasteiger charge is 2.10. The van der Waals surface area contributed by atoms with Crippen LogP contribution in [0, 0.1) is 0 Å². The largest absolute Gasteiger partial charge is 0.364 e. The van der Waals surface area contributed by atoms with Crippen LogP contribution in [-0.4, -0.2) is 43.1 Å². The summed E-state index contributed by atoms with van der Waals surface area (Å²) in [6.45, 7) is 6.55. The molecule has 2 rings (SSSR count). The van der Waals surface area contributed by atoms with E-state index in [1.807, 2.05) is 7.05 Å². The van der Waals surface area contributed by atoms with Crippen LogP contribution < -0.4 is 10.6 Å². The van der Waals surface area contributed by atoms with Gasteiger partial charge in [-0.1, -0.05) is 0 Å². The summed E-state index contributed by atoms with van der Waals surface area (Å²) in [7, 11) is 1.97. The monoisotopic (exact) mass is 208 g/mol. The first-order valence-corrected chi connectivity index (χ1v) is 5.62. The molecule has 15 heavy (non-hydrogen) atoms. The summed E-state index contributed by atoms with van der Waals surface area (Å²) < 4.78 is 0. The van der Waals surface area contributed by atoms with E-state index in [9.17, 15) is 0 Å². The van der Waals surface area contributed by atoms with Gasteiger partial charge in [0.05, 0.1) is 0 Å². The molecule has 0 amide bonds. The molecule has 0 aromatic carbocycles. The second kappa shape index (κ2) is 5.30. The first-order chi connectivity index (χ1) is 7.38. The quantitative estimate of drug-likeness (QED) is 0.659. The third-order valence-electron chi connectivity index (χ3n) is 2.79. The predicted molar refractivity (Wildman–Crippen MR) is 61.7 cm³/mol. The van der Waals surface area contributed by atoms with Gasteiger partial charge >= 0.3 is 0 Å². The van der Waals surface area contributed by atoms with Gasteiger partial charge in [0.25, 0.3) is 0 Å². The maximum absolute atomic E-state index is 3.37. The van der Waals surface area contributed by atoms with Gasteiger partial charge in [-0.05, 0) is 18.7 Å². The molecule has 0 saturated carbocycles. The van der Waals surface area contributed by atoms with Crippen LogP contribution in [0.15, 0.2) is 12.3 Å². The van der Waals surface area contributed by atoms with Crippen molar-refractivity contribution in [2.45, 2.75) is 13.1 Å². The molecule has 0 radical (unpaired) electrons. The number of aromatic amines is 1. The number of aromatic nitrogens is 1. The first kappa shape index (κ1) is 10.7. The van der Waals surface area contributed by atoms with E-state index in [4.69, 9.17) is 0 Å². The van der Waals surface area contributed by atoms with Gasteiger partial charge in [-0.3, -0.25) is 4.90 Å². The number of piperazine rings is 1. The van der Waals surface area contributed by atoms with Crippen LogP contribution in [0.3, 0.4) is 0 Å². The van der Waals surface area contributed by atoms with Gasteiger partial charge in [-0.2, -0.15) is 0 Å². The van der Waals surface area contributed by atoms with Crippen molar-refractivity contribution in [2.24, 2.45) is 0 Å². The zero-order valence-corrected chi connectivity index (χ0v) is 9.34. The highest BCUT2D eigenvalue weighted by atomic mass is 15.2. The number of nitrogens with zero attached hydrogens (tertiary/aromatic N) is 1. The lowest BCUT2D eigenvalue weighted by Gasteiger charge is -2.26. The Morgan fingerprint density at radius 2 is 2.20 bits per heavy atom. The molecule has 1 aromatic heterocycles. The summed E-state index contributed by atoms with van der Waals surface area (Å²) in [4.78, 5) is 5.78. The molecule has 0 atom stereocenters. The Labute approximate surface area is 91.0 Å². The van der Waals surface area contributed by atoms with Gasteiger partial charge in [-0.15, -0.1) is 0 Å². The standard InChI is InChI=1S/C11H20N4/c1-12-8-11-6-10(7-14-11)9-15-4-2-13-3-5-15/h6-7,12-14H,2-5,8-9H2,1H3. The summed E-state index contributed by atoms with van der Waals surface area (Å²) in [6.07, 6.45) is 2.12. The van der Waals surface area contributed by atoms with Crippen LogP contribution in [-0.2, 0) is 13.1 Å². The average molecular weight is 208 g/mol. The van der Waals surface area contributed by atoms with Gasteiger partial charge in [0.15, 0.2) is 0 Å². The van der Waals surface area contributed by atoms with Crippen molar-refractivity contribution in [1.29, 1.82) is 0 Å². The molecule has 2 heterocycles. The van der Waals surface area contributed by atoms with Crippen molar-refractivity contribution in [3.05, 3.63) is 23.5 Å². The molecule has 0 unspecified atom stereocenters. The first-order valence-electron chi connectivity index (χ1n) is 5.62. The molecular weight excluding hydrogens is 188 g/mol. The van der Waals surface area contributed by atoms with E-state index in [-0.39, 0.29) is 0 Å². The fourth-order valence-electron chi connectivity index (χ4n) is 2.00. The second-order valence-electron chi connectivity index (χ2n) is 4.09. The predicted octanol–water partition coefficient (Wildman–Crippen LogP) is 0.139. The van der Waals surface area contributed by atoms with Crippen LogP contribution in [0.4, 0.5) is 0 Å². The van der Waals surface area contributed by atoms with Gasteiger partial charge in [0, 0.05) is 51.2 Å². The van der Waals surface area contributed by atoms with E-state index < -0.39 is 0 Å². The Bertz CT molecular complexity index is 289. The van der Waals surface area contributed by atoms with Crippen LogP contribution in [0.1, 0.15) is 11.3 Å². The summed E-state index contributed by atoms with van der Waals surface area (Å²) in [5.41, 5.74) is 2.66. The molecule has 0 spiro atoms. The molecule has 1 fully saturated rings. The SMILES string of the molecule is CNCc1cc(CN2CCNCC2)c[nH]1. The van der Waals surface area contributed by atoms with Crippen molar-refractivity contribution in [3.63, 3.8) is 0 Å². The molecule has 1 saturated heterocycles. The summed E-state index contributed by atoms with van der Waals surface area (Å²) in [5, 5.41) is 6.51. The van der Waals surface area contributed by atoms with E-state index in [2.05, 4.69) is 32.8 Å². The summed E-state index contributed by atoms with van der Waals surface area (Å²) >= 11 is 0. The van der Waals surface area contributed by atoms with Gasteiger partial charge in [0.2, 0.25) is 0 Å². The van der Waals surface area contributed by atoms with Crippen molar-refractivity contribution in [1.82, 2.24) is 20.5 Å². The molecular formula is C11H20N4. The minimum absolute atomic E-state index is 0.918. The van der Waals surface area contributed by atoms with E-state index in [1.54, 1.807) is 0 Å². The highest BCUT2D eigenvalue weighted by molar-refractivity contribution is 5.16. The molecule has 84 valence electrons. The Morgan fingerprint density at radius 3 is 2.93 bits per heavy atom. The maximum atomic E-state index is 3.37. The number of rotatable bonds is 4. The van der Waals surface area contributed by atoms with E-state index in [0.29, 0.717) is 0 Å². The molecule has 1 aliphatic rings. The fourth-order valence-corrected chi connectivity index (χ4v) is 2.00. The van der Waals surface area contributed by atoms with Crippen molar-refractivity contribution >= 4 is 0 Å². The molecule has 3 N–H and O–H groups in total. The minimum Gasteiger partial charge on any atom is -0.364 e. The average Bonchev–Trinajstić information content (AvgIpc) is 2.68. The fraction of sp³-hybridized carbons (Fsp3) is 0.636. The lowest BCUT2D eigenvalue weighted by molar-refractivity contribution is 0.233. The lowest BCUT2D eigenvalue weighted by atomic mass is 10.2. The molecule has 0 aliphatic carbocycles. The van der Waals surface area contributed by atoms with Gasteiger partial charge in [-0.25, -0.2) is 0 Å². The lowest BCUT2D eigenvalue weighted by Crippen LogP contribution is -2.42. The van der Waals surface area contributed by atoms with E-state index >= 15 is 0 Å². The summed E-state index contributed by atoms with van der Waals surface area (Å²) in [5.74, 6) is 0. The molecule has 1 aromatic rings. The van der Waals surface area contributed by atoms with Crippen LogP contribution in [0.2, 0.25) is 0 Å². The second-order valence-corrected chi connectivity index (χ2v) is 4.09. The number of H-pyrrole nitrogens is 1. The van der Waals surface area contributed by atoms with Crippen LogP contribution in [0.5, 0.6) is 0 Å². The van der Waals surface area contributed by atoms with E-state index in [1.165, 1.54) is 11.3 Å². The van der Waals surface area contributed by atoms with Crippen LogP contribution >= 0.6 is 0 Å². The summed E-state index contributed by atoms with van der Waals surface area (Å²) in [6, 6.07) is 2.25. The topological polar surface area (TPSA) is 43.1 Å². The number of hydrogen-bond acceptors (Lipinski definition) is 3. The van der Waals surface area contributed by atoms with Crippen molar-refractivity contribution in [2.75, 3.05) is 33.2 Å². The maximum Gasteiger partial charge on any atom is 0.0354 e. The Balaban J connectivity index is 1.86. The van der Waals surface area contributed by atoms with E-state index in [0.717, 1.165) is 39.3 Å². The van der Waals surface area contributed by atoms with Crippen molar-refractivity contribution < 1.29 is 0 Å². The zero-order valence-electron chi connectivity index (χ0n) is 9.34. The van der Waals surface area contributed by atoms with Crippen LogP contribution in [0.25, 0.3) is 0 Å². The smallest absolute Gasteiger partial charge is 0.0354 e. The third-order valence-corrected chi connectivity index (χ3v) is 2.79. The zero-order chi connectivity index (χ0) is 10.5. The Hall–Kier alpha value is -0.840. The molecule has 4 nitrogen and oxygen atoms in total.